The lowest BCUT2D eigenvalue weighted by molar-refractivity contribution is -0.137. The highest BCUT2D eigenvalue weighted by atomic mass is 35.5. The van der Waals surface area contributed by atoms with Gasteiger partial charge in [-0.25, -0.2) is 4.98 Å². The number of benzene rings is 4. The first kappa shape index (κ1) is 26.5. The Morgan fingerprint density at radius 3 is 2.41 bits per heavy atom. The highest BCUT2D eigenvalue weighted by Crippen LogP contribution is 2.32. The molecule has 0 aliphatic rings. The maximum Gasteiger partial charge on any atom is 0.416 e. The molecule has 0 fully saturated rings. The summed E-state index contributed by atoms with van der Waals surface area (Å²) in [6.07, 6.45) is -3.21. The summed E-state index contributed by atoms with van der Waals surface area (Å²) < 4.78 is 47.2. The summed E-state index contributed by atoms with van der Waals surface area (Å²) >= 11 is 12.2. The number of hydrogen-bond donors (Lipinski definition) is 0. The zero-order valence-corrected chi connectivity index (χ0v) is 21.5. The Bertz CT molecular complexity index is 1750. The van der Waals surface area contributed by atoms with Crippen molar-refractivity contribution in [3.8, 4) is 17.1 Å². The van der Waals surface area contributed by atoms with E-state index in [2.05, 4.69) is 10.1 Å². The molecule has 196 valence electrons. The molecule has 5 rings (SSSR count). The monoisotopic (exact) mass is 567 g/mol. The molecule has 0 spiro atoms. The molecule has 0 bridgehead atoms. The number of halogens is 5. The zero-order chi connectivity index (χ0) is 27.6. The summed E-state index contributed by atoms with van der Waals surface area (Å²) in [5, 5.41) is 5.60. The summed E-state index contributed by atoms with van der Waals surface area (Å²) in [5.41, 5.74) is 0.317. The molecule has 1 aromatic heterocycles. The van der Waals surface area contributed by atoms with Crippen molar-refractivity contribution in [2.24, 2.45) is 5.10 Å². The molecule has 4 aromatic carbocycles. The van der Waals surface area contributed by atoms with Crippen LogP contribution in [-0.4, -0.2) is 15.9 Å². The van der Waals surface area contributed by atoms with Crippen LogP contribution in [0.3, 0.4) is 0 Å². The van der Waals surface area contributed by atoms with Crippen LogP contribution in [0.1, 0.15) is 16.7 Å². The van der Waals surface area contributed by atoms with Gasteiger partial charge in [0, 0.05) is 21.2 Å². The summed E-state index contributed by atoms with van der Waals surface area (Å²) in [4.78, 5) is 17.9. The van der Waals surface area contributed by atoms with Crippen molar-refractivity contribution in [1.29, 1.82) is 0 Å². The average molecular weight is 568 g/mol. The van der Waals surface area contributed by atoms with Gasteiger partial charge in [-0.2, -0.15) is 22.9 Å². The van der Waals surface area contributed by atoms with Crippen molar-refractivity contribution in [3.63, 3.8) is 0 Å². The van der Waals surface area contributed by atoms with E-state index in [0.717, 1.165) is 22.4 Å². The van der Waals surface area contributed by atoms with Gasteiger partial charge < -0.3 is 4.74 Å². The Labute approximate surface area is 230 Å². The van der Waals surface area contributed by atoms with Crippen molar-refractivity contribution in [3.05, 3.63) is 128 Å². The maximum absolute atomic E-state index is 13.4. The molecule has 10 heteroatoms. The fraction of sp³-hybridized carbons (Fsp3) is 0.0690. The number of nitrogens with zero attached hydrogens (tertiary/aromatic N) is 3. The number of hydrogen-bond acceptors (Lipinski definition) is 4. The van der Waals surface area contributed by atoms with Gasteiger partial charge in [-0.1, -0.05) is 59.6 Å². The van der Waals surface area contributed by atoms with Gasteiger partial charge in [-0.05, 0) is 60.2 Å². The second kappa shape index (κ2) is 10.9. The van der Waals surface area contributed by atoms with Crippen LogP contribution in [0.2, 0.25) is 10.0 Å². The molecule has 0 atom stereocenters. The summed E-state index contributed by atoms with van der Waals surface area (Å²) in [7, 11) is 0. The van der Waals surface area contributed by atoms with E-state index in [9.17, 15) is 18.0 Å². The molecule has 0 N–H and O–H groups in total. The van der Waals surface area contributed by atoms with Gasteiger partial charge in [-0.15, -0.1) is 0 Å². The minimum atomic E-state index is -4.57. The average Bonchev–Trinajstić information content (AvgIpc) is 2.92. The highest BCUT2D eigenvalue weighted by molar-refractivity contribution is 6.31. The summed E-state index contributed by atoms with van der Waals surface area (Å²) in [6, 6.07) is 23.2. The number of aromatic nitrogens is 2. The minimum absolute atomic E-state index is 0.0493. The van der Waals surface area contributed by atoms with E-state index in [-0.39, 0.29) is 23.4 Å². The third-order valence-corrected chi connectivity index (χ3v) is 6.28. The fourth-order valence-corrected chi connectivity index (χ4v) is 4.17. The van der Waals surface area contributed by atoms with Crippen molar-refractivity contribution >= 4 is 40.3 Å². The van der Waals surface area contributed by atoms with Gasteiger partial charge in [0.15, 0.2) is 5.82 Å². The fourth-order valence-electron chi connectivity index (χ4n) is 3.87. The van der Waals surface area contributed by atoms with E-state index in [1.807, 2.05) is 12.1 Å². The first-order valence-corrected chi connectivity index (χ1v) is 12.4. The van der Waals surface area contributed by atoms with Crippen LogP contribution in [0.15, 0.2) is 101 Å². The number of fused-ring (bicyclic) bond motifs is 1. The normalized spacial score (nSPS) is 11.8. The Morgan fingerprint density at radius 2 is 1.64 bits per heavy atom. The molecular weight excluding hydrogens is 550 g/mol. The van der Waals surface area contributed by atoms with Crippen molar-refractivity contribution in [2.75, 3.05) is 0 Å². The third kappa shape index (κ3) is 5.97. The van der Waals surface area contributed by atoms with E-state index >= 15 is 0 Å². The first-order valence-electron chi connectivity index (χ1n) is 11.6. The van der Waals surface area contributed by atoms with Crippen LogP contribution in [0, 0.1) is 0 Å². The Kier molecular flexibility index (Phi) is 7.41. The van der Waals surface area contributed by atoms with E-state index in [1.54, 1.807) is 54.6 Å². The number of ether oxygens (including phenoxy) is 1. The number of alkyl halides is 3. The Hall–Kier alpha value is -4.14. The quantitative estimate of drug-likeness (QED) is 0.196. The Balaban J connectivity index is 1.59. The molecule has 1 heterocycles. The van der Waals surface area contributed by atoms with Crippen molar-refractivity contribution < 1.29 is 17.9 Å². The highest BCUT2D eigenvalue weighted by Gasteiger charge is 2.31. The molecule has 0 saturated heterocycles. The number of para-hydroxylation sites is 1. The molecule has 39 heavy (non-hydrogen) atoms. The largest absolute Gasteiger partial charge is 0.488 e. The van der Waals surface area contributed by atoms with Gasteiger partial charge in [-0.3, -0.25) is 4.79 Å². The van der Waals surface area contributed by atoms with Crippen molar-refractivity contribution in [1.82, 2.24) is 9.66 Å². The molecule has 0 unspecified atom stereocenters. The molecular formula is C29H18Cl2F3N3O2. The van der Waals surface area contributed by atoms with Crippen LogP contribution >= 0.6 is 23.2 Å². The lowest BCUT2D eigenvalue weighted by atomic mass is 10.1. The standard InChI is InChI=1S/C29H18Cl2F3N3O2/c30-22-10-8-18(9-11-22)17-39-26-13-12-23(31)15-20(26)16-35-37-27(19-4-3-5-21(14-19)29(32,33)34)36-25-7-2-1-6-24(25)28(37)38/h1-16H,17H2. The molecule has 0 radical (unpaired) electrons. The Morgan fingerprint density at radius 1 is 0.897 bits per heavy atom. The second-order valence-corrected chi connectivity index (χ2v) is 9.36. The predicted molar refractivity (Wildman–Crippen MR) is 147 cm³/mol. The summed E-state index contributed by atoms with van der Waals surface area (Å²) in [6.45, 7) is 0.229. The van der Waals surface area contributed by atoms with E-state index < -0.39 is 17.3 Å². The SMILES string of the molecule is O=c1c2ccccc2nc(-c2cccc(C(F)(F)F)c2)n1N=Cc1cc(Cl)ccc1OCc1ccc(Cl)cc1. The smallest absolute Gasteiger partial charge is 0.416 e. The molecule has 0 amide bonds. The first-order chi connectivity index (χ1) is 18.7. The predicted octanol–water partition coefficient (Wildman–Crippen LogP) is 7.85. The number of rotatable bonds is 6. The van der Waals surface area contributed by atoms with Gasteiger partial charge in [0.1, 0.15) is 12.4 Å². The van der Waals surface area contributed by atoms with Gasteiger partial charge in [0.25, 0.3) is 5.56 Å². The van der Waals surface area contributed by atoms with Crippen molar-refractivity contribution in [2.45, 2.75) is 12.8 Å². The van der Waals surface area contributed by atoms with Crippen LogP contribution in [0.4, 0.5) is 13.2 Å². The van der Waals surface area contributed by atoms with Gasteiger partial charge in [0.2, 0.25) is 0 Å². The van der Waals surface area contributed by atoms with E-state index in [4.69, 9.17) is 27.9 Å². The second-order valence-electron chi connectivity index (χ2n) is 8.49. The van der Waals surface area contributed by atoms with E-state index in [1.165, 1.54) is 18.3 Å². The van der Waals surface area contributed by atoms with Crippen LogP contribution in [0.5, 0.6) is 5.75 Å². The van der Waals surface area contributed by atoms with Crippen LogP contribution in [-0.2, 0) is 12.8 Å². The molecule has 5 aromatic rings. The topological polar surface area (TPSA) is 56.5 Å². The van der Waals surface area contributed by atoms with E-state index in [0.29, 0.717) is 26.9 Å². The van der Waals surface area contributed by atoms with Gasteiger partial charge in [0.05, 0.1) is 22.7 Å². The van der Waals surface area contributed by atoms with Crippen LogP contribution < -0.4 is 10.3 Å². The minimum Gasteiger partial charge on any atom is -0.488 e. The molecule has 0 aliphatic heterocycles. The third-order valence-electron chi connectivity index (χ3n) is 5.79. The molecule has 0 aliphatic carbocycles. The maximum atomic E-state index is 13.4. The van der Waals surface area contributed by atoms with Gasteiger partial charge >= 0.3 is 6.18 Å². The summed E-state index contributed by atoms with van der Waals surface area (Å²) in [5.74, 6) is 0.382. The molecule has 0 saturated carbocycles. The van der Waals surface area contributed by atoms with Crippen LogP contribution in [0.25, 0.3) is 22.3 Å². The lowest BCUT2D eigenvalue weighted by Gasteiger charge is -2.13. The molecule has 5 nitrogen and oxygen atoms in total. The lowest BCUT2D eigenvalue weighted by Crippen LogP contribution is -2.20. The zero-order valence-electron chi connectivity index (χ0n) is 20.0.